The molecule has 3 rings (SSSR count). The minimum Gasteiger partial charge on any atom is -0.490 e. The van der Waals surface area contributed by atoms with E-state index in [1.807, 2.05) is 24.4 Å². The lowest BCUT2D eigenvalue weighted by Gasteiger charge is -2.19. The fourth-order valence-electron chi connectivity index (χ4n) is 2.84. The number of hydrogen-bond donors (Lipinski definition) is 0. The molecule has 2 aromatic heterocycles. The highest BCUT2D eigenvalue weighted by Gasteiger charge is 2.21. The van der Waals surface area contributed by atoms with Crippen LogP contribution in [0.5, 0.6) is 5.75 Å². The second kappa shape index (κ2) is 6.58. The number of nitrogens with zero attached hydrogens (tertiary/aromatic N) is 2. The van der Waals surface area contributed by atoms with Crippen molar-refractivity contribution in [3.05, 3.63) is 29.7 Å². The van der Waals surface area contributed by atoms with E-state index in [0.29, 0.717) is 17.2 Å². The molecule has 3 heterocycles. The van der Waals surface area contributed by atoms with E-state index >= 15 is 0 Å². The Bertz CT molecular complexity index is 702. The molecule has 0 radical (unpaired) electrons. The standard InChI is InChI=1S/C17H22N2O4/c1-11(2)23-15-8-16-18-14(12-4-6-22-7-5-12)10-19(16)9-13(15)17(20)21-3/h8-12H,4-7H2,1-3H3. The van der Waals surface area contributed by atoms with Gasteiger partial charge in [0.2, 0.25) is 0 Å². The Morgan fingerprint density at radius 1 is 1.35 bits per heavy atom. The predicted molar refractivity (Wildman–Crippen MR) is 85.1 cm³/mol. The van der Waals surface area contributed by atoms with Crippen LogP contribution in [-0.4, -0.2) is 41.8 Å². The molecule has 124 valence electrons. The molecule has 6 heteroatoms. The van der Waals surface area contributed by atoms with Crippen molar-refractivity contribution in [3.8, 4) is 5.75 Å². The summed E-state index contributed by atoms with van der Waals surface area (Å²) in [7, 11) is 1.37. The van der Waals surface area contributed by atoms with Gasteiger partial charge in [0.15, 0.2) is 0 Å². The van der Waals surface area contributed by atoms with E-state index in [4.69, 9.17) is 19.2 Å². The van der Waals surface area contributed by atoms with Crippen molar-refractivity contribution in [2.45, 2.75) is 38.7 Å². The van der Waals surface area contributed by atoms with Crippen LogP contribution in [0.3, 0.4) is 0 Å². The van der Waals surface area contributed by atoms with Crippen molar-refractivity contribution in [2.75, 3.05) is 20.3 Å². The molecule has 1 aliphatic heterocycles. The Balaban J connectivity index is 2.01. The first kappa shape index (κ1) is 15.8. The molecule has 6 nitrogen and oxygen atoms in total. The lowest BCUT2D eigenvalue weighted by atomic mass is 9.97. The second-order valence-corrected chi connectivity index (χ2v) is 6.03. The number of esters is 1. The third-order valence-corrected chi connectivity index (χ3v) is 3.98. The minimum atomic E-state index is -0.413. The number of pyridine rings is 1. The van der Waals surface area contributed by atoms with E-state index in [1.165, 1.54) is 7.11 Å². The smallest absolute Gasteiger partial charge is 0.343 e. The summed E-state index contributed by atoms with van der Waals surface area (Å²) in [5, 5.41) is 0. The van der Waals surface area contributed by atoms with Crippen LogP contribution in [0.2, 0.25) is 0 Å². The van der Waals surface area contributed by atoms with Crippen LogP contribution >= 0.6 is 0 Å². The van der Waals surface area contributed by atoms with Crippen LogP contribution in [0, 0.1) is 0 Å². The zero-order valence-electron chi connectivity index (χ0n) is 13.7. The van der Waals surface area contributed by atoms with E-state index in [0.717, 1.165) is 37.4 Å². The highest BCUT2D eigenvalue weighted by Crippen LogP contribution is 2.29. The third-order valence-electron chi connectivity index (χ3n) is 3.98. The van der Waals surface area contributed by atoms with Gasteiger partial charge in [-0.1, -0.05) is 0 Å². The van der Waals surface area contributed by atoms with Gasteiger partial charge in [0.05, 0.1) is 18.9 Å². The van der Waals surface area contributed by atoms with Crippen LogP contribution in [-0.2, 0) is 9.47 Å². The monoisotopic (exact) mass is 318 g/mol. The summed E-state index contributed by atoms with van der Waals surface area (Å²) >= 11 is 0. The molecule has 0 saturated carbocycles. The molecular formula is C17H22N2O4. The molecule has 1 saturated heterocycles. The molecule has 1 aliphatic rings. The zero-order valence-corrected chi connectivity index (χ0v) is 13.7. The topological polar surface area (TPSA) is 62.1 Å². The van der Waals surface area contributed by atoms with Crippen molar-refractivity contribution in [1.82, 2.24) is 9.38 Å². The maximum absolute atomic E-state index is 12.0. The Morgan fingerprint density at radius 2 is 2.09 bits per heavy atom. The van der Waals surface area contributed by atoms with E-state index in [1.54, 1.807) is 12.3 Å². The Morgan fingerprint density at radius 3 is 2.74 bits per heavy atom. The van der Waals surface area contributed by atoms with Crippen LogP contribution in [0.15, 0.2) is 18.5 Å². The van der Waals surface area contributed by atoms with Crippen LogP contribution < -0.4 is 4.74 Å². The molecule has 0 aromatic carbocycles. The number of carbonyl (C=O) groups excluding carboxylic acids is 1. The molecule has 0 aliphatic carbocycles. The first-order valence-electron chi connectivity index (χ1n) is 7.94. The second-order valence-electron chi connectivity index (χ2n) is 6.03. The average Bonchev–Trinajstić information content (AvgIpc) is 2.96. The number of aromatic nitrogens is 2. The molecule has 0 atom stereocenters. The molecule has 0 N–H and O–H groups in total. The maximum atomic E-state index is 12.0. The summed E-state index contributed by atoms with van der Waals surface area (Å²) in [5.41, 5.74) is 2.21. The summed E-state index contributed by atoms with van der Waals surface area (Å²) in [4.78, 5) is 16.7. The number of ether oxygens (including phenoxy) is 3. The quantitative estimate of drug-likeness (QED) is 0.811. The number of hydrogen-bond acceptors (Lipinski definition) is 5. The molecule has 0 unspecified atom stereocenters. The van der Waals surface area contributed by atoms with Gasteiger partial charge in [-0.25, -0.2) is 9.78 Å². The highest BCUT2D eigenvalue weighted by molar-refractivity contribution is 5.92. The fraction of sp³-hybridized carbons (Fsp3) is 0.529. The summed E-state index contributed by atoms with van der Waals surface area (Å²) in [5.74, 6) is 0.493. The van der Waals surface area contributed by atoms with Crippen molar-refractivity contribution in [1.29, 1.82) is 0 Å². The molecule has 0 amide bonds. The predicted octanol–water partition coefficient (Wildman–Crippen LogP) is 2.80. The summed E-state index contributed by atoms with van der Waals surface area (Å²) in [6.45, 7) is 5.38. The number of imidazole rings is 1. The number of rotatable bonds is 4. The lowest BCUT2D eigenvalue weighted by molar-refractivity contribution is 0.0593. The van der Waals surface area contributed by atoms with Gasteiger partial charge in [-0.2, -0.15) is 0 Å². The Kier molecular flexibility index (Phi) is 4.52. The number of fused-ring (bicyclic) bond motifs is 1. The van der Waals surface area contributed by atoms with Gasteiger partial charge in [0.25, 0.3) is 0 Å². The maximum Gasteiger partial charge on any atom is 0.343 e. The van der Waals surface area contributed by atoms with Crippen LogP contribution in [0.25, 0.3) is 5.65 Å². The van der Waals surface area contributed by atoms with E-state index in [-0.39, 0.29) is 6.10 Å². The van der Waals surface area contributed by atoms with Crippen molar-refractivity contribution < 1.29 is 19.0 Å². The fourth-order valence-corrected chi connectivity index (χ4v) is 2.84. The van der Waals surface area contributed by atoms with Crippen LogP contribution in [0.4, 0.5) is 0 Å². The first-order valence-corrected chi connectivity index (χ1v) is 7.94. The van der Waals surface area contributed by atoms with Gasteiger partial charge < -0.3 is 18.6 Å². The summed E-state index contributed by atoms with van der Waals surface area (Å²) in [6.07, 6.45) is 5.63. The third kappa shape index (κ3) is 3.32. The van der Waals surface area contributed by atoms with Gasteiger partial charge in [-0.15, -0.1) is 0 Å². The first-order chi connectivity index (χ1) is 11.1. The lowest BCUT2D eigenvalue weighted by Crippen LogP contribution is -2.14. The molecule has 0 spiro atoms. The van der Waals surface area contributed by atoms with Gasteiger partial charge >= 0.3 is 5.97 Å². The van der Waals surface area contributed by atoms with Gasteiger partial charge in [0.1, 0.15) is 17.0 Å². The normalized spacial score (nSPS) is 16.0. The van der Waals surface area contributed by atoms with Gasteiger partial charge in [-0.3, -0.25) is 0 Å². The van der Waals surface area contributed by atoms with Crippen LogP contribution in [0.1, 0.15) is 48.7 Å². The number of carbonyl (C=O) groups is 1. The SMILES string of the molecule is COC(=O)c1cn2cc(C3CCOCC3)nc2cc1OC(C)C. The van der Waals surface area contributed by atoms with E-state index in [2.05, 4.69) is 0 Å². The van der Waals surface area contributed by atoms with Gasteiger partial charge in [-0.05, 0) is 26.7 Å². The molecule has 2 aromatic rings. The summed E-state index contributed by atoms with van der Waals surface area (Å²) < 4.78 is 17.9. The Hall–Kier alpha value is -2.08. The molecule has 23 heavy (non-hydrogen) atoms. The van der Waals surface area contributed by atoms with Crippen molar-refractivity contribution in [2.24, 2.45) is 0 Å². The van der Waals surface area contributed by atoms with E-state index < -0.39 is 5.97 Å². The minimum absolute atomic E-state index is 0.0363. The zero-order chi connectivity index (χ0) is 16.4. The van der Waals surface area contributed by atoms with Crippen molar-refractivity contribution >= 4 is 11.6 Å². The van der Waals surface area contributed by atoms with Gasteiger partial charge in [0, 0.05) is 37.6 Å². The average molecular weight is 318 g/mol. The number of methoxy groups -OCH3 is 1. The van der Waals surface area contributed by atoms with Crippen molar-refractivity contribution in [3.63, 3.8) is 0 Å². The van der Waals surface area contributed by atoms with E-state index in [9.17, 15) is 4.79 Å². The highest BCUT2D eigenvalue weighted by atomic mass is 16.5. The molecule has 1 fully saturated rings. The Labute approximate surface area is 135 Å². The molecular weight excluding hydrogens is 296 g/mol. The summed E-state index contributed by atoms with van der Waals surface area (Å²) in [6, 6.07) is 1.80. The molecule has 0 bridgehead atoms. The largest absolute Gasteiger partial charge is 0.490 e.